The molecule has 0 fully saturated rings. The Morgan fingerprint density at radius 2 is 1.89 bits per heavy atom. The third-order valence-electron chi connectivity index (χ3n) is 3.10. The molecule has 0 aliphatic rings. The number of hydrogen-bond donors (Lipinski definition) is 1. The lowest BCUT2D eigenvalue weighted by molar-refractivity contribution is 0.506. The second kappa shape index (κ2) is 6.43. The highest BCUT2D eigenvalue weighted by atomic mass is 32.2. The van der Waals surface area contributed by atoms with Crippen molar-refractivity contribution in [2.24, 2.45) is 5.73 Å². The summed E-state index contributed by atoms with van der Waals surface area (Å²) in [5, 5.41) is -0.854. The first kappa shape index (κ1) is 16.0. The summed E-state index contributed by atoms with van der Waals surface area (Å²) in [6.07, 6.45) is 1.58. The van der Waals surface area contributed by atoms with Crippen LogP contribution < -0.4 is 5.73 Å². The van der Waals surface area contributed by atoms with Crippen LogP contribution in [0.2, 0.25) is 0 Å². The van der Waals surface area contributed by atoms with Crippen LogP contribution >= 0.6 is 0 Å². The summed E-state index contributed by atoms with van der Waals surface area (Å²) in [7, 11) is -3.89. The van der Waals surface area contributed by atoms with Gasteiger partial charge in [0.1, 0.15) is 16.5 Å². The average molecular weight is 291 g/mol. The summed E-state index contributed by atoms with van der Waals surface area (Å²) in [5.74, 6) is -1.87. The van der Waals surface area contributed by atoms with Crippen molar-refractivity contribution in [2.45, 2.75) is 49.3 Å². The van der Waals surface area contributed by atoms with E-state index in [1.165, 1.54) is 0 Å². The van der Waals surface area contributed by atoms with Crippen LogP contribution in [-0.2, 0) is 9.84 Å². The fraction of sp³-hybridized carbons (Fsp3) is 0.538. The summed E-state index contributed by atoms with van der Waals surface area (Å²) in [6.45, 7) is 3.59. The molecule has 1 rings (SSSR count). The molecular formula is C13H19F2NO2S. The van der Waals surface area contributed by atoms with Crippen LogP contribution in [0.4, 0.5) is 8.78 Å². The van der Waals surface area contributed by atoms with Gasteiger partial charge in [-0.15, -0.1) is 0 Å². The second-order valence-electron chi connectivity index (χ2n) is 4.52. The minimum Gasteiger partial charge on any atom is -0.327 e. The van der Waals surface area contributed by atoms with Gasteiger partial charge in [-0.1, -0.05) is 20.3 Å². The Morgan fingerprint density at radius 3 is 2.37 bits per heavy atom. The van der Waals surface area contributed by atoms with E-state index in [0.29, 0.717) is 18.9 Å². The van der Waals surface area contributed by atoms with Gasteiger partial charge >= 0.3 is 0 Å². The Kier molecular flexibility index (Phi) is 5.43. The van der Waals surface area contributed by atoms with Crippen molar-refractivity contribution < 1.29 is 17.2 Å². The quantitative estimate of drug-likeness (QED) is 0.820. The maximum absolute atomic E-state index is 13.6. The number of nitrogens with two attached hydrogens (primary N) is 1. The normalized spacial score (nSPS) is 15.2. The number of hydrogen-bond acceptors (Lipinski definition) is 3. The van der Waals surface area contributed by atoms with E-state index in [-0.39, 0.29) is 0 Å². The zero-order valence-electron chi connectivity index (χ0n) is 11.1. The number of benzene rings is 1. The van der Waals surface area contributed by atoms with Gasteiger partial charge in [-0.05, 0) is 25.0 Å². The molecule has 0 aliphatic carbocycles. The first-order chi connectivity index (χ1) is 8.84. The third-order valence-corrected chi connectivity index (χ3v) is 5.53. The Labute approximate surface area is 112 Å². The molecule has 6 heteroatoms. The monoisotopic (exact) mass is 291 g/mol. The lowest BCUT2D eigenvalue weighted by atomic mass is 10.1. The zero-order valence-corrected chi connectivity index (χ0v) is 11.9. The van der Waals surface area contributed by atoms with Gasteiger partial charge in [0.15, 0.2) is 9.84 Å². The minimum absolute atomic E-state index is 0.292. The van der Waals surface area contributed by atoms with E-state index >= 15 is 0 Å². The molecule has 0 spiro atoms. The highest BCUT2D eigenvalue weighted by molar-refractivity contribution is 7.92. The molecule has 3 nitrogen and oxygen atoms in total. The van der Waals surface area contributed by atoms with Crippen LogP contribution in [0.3, 0.4) is 0 Å². The standard InChI is InChI=1S/C13H19F2NO2S/c1-3-5-11(16)12(4-2)19(17,18)13-7-6-9(14)8-10(13)15/h6-8,11-12H,3-5,16H2,1-2H3. The second-order valence-corrected chi connectivity index (χ2v) is 6.65. The number of rotatable bonds is 6. The molecule has 2 atom stereocenters. The topological polar surface area (TPSA) is 60.2 Å². The SMILES string of the molecule is CCCC(N)C(CC)S(=O)(=O)c1ccc(F)cc1F. The van der Waals surface area contributed by atoms with Crippen molar-refractivity contribution >= 4 is 9.84 Å². The highest BCUT2D eigenvalue weighted by Crippen LogP contribution is 2.24. The van der Waals surface area contributed by atoms with Crippen LogP contribution in [0.5, 0.6) is 0 Å². The maximum atomic E-state index is 13.6. The number of sulfone groups is 1. The molecule has 0 aromatic heterocycles. The van der Waals surface area contributed by atoms with E-state index in [0.717, 1.165) is 18.6 Å². The van der Waals surface area contributed by atoms with E-state index in [1.54, 1.807) is 6.92 Å². The predicted octanol–water partition coefficient (Wildman–Crippen LogP) is 2.64. The van der Waals surface area contributed by atoms with Crippen LogP contribution in [0.1, 0.15) is 33.1 Å². The van der Waals surface area contributed by atoms with Gasteiger partial charge in [0.05, 0.1) is 5.25 Å². The number of halogens is 2. The van der Waals surface area contributed by atoms with E-state index in [2.05, 4.69) is 0 Å². The molecular weight excluding hydrogens is 272 g/mol. The van der Waals surface area contributed by atoms with Gasteiger partial charge in [0.2, 0.25) is 0 Å². The molecule has 1 aromatic rings. The van der Waals surface area contributed by atoms with Gasteiger partial charge in [-0.25, -0.2) is 17.2 Å². The summed E-state index contributed by atoms with van der Waals surface area (Å²) >= 11 is 0. The molecule has 2 N–H and O–H groups in total. The maximum Gasteiger partial charge on any atom is 0.185 e. The van der Waals surface area contributed by atoms with Crippen molar-refractivity contribution in [1.82, 2.24) is 0 Å². The molecule has 0 radical (unpaired) electrons. The first-order valence-corrected chi connectivity index (χ1v) is 7.83. The van der Waals surface area contributed by atoms with Gasteiger partial charge in [-0.2, -0.15) is 0 Å². The first-order valence-electron chi connectivity index (χ1n) is 6.29. The predicted molar refractivity (Wildman–Crippen MR) is 70.5 cm³/mol. The van der Waals surface area contributed by atoms with Crippen LogP contribution in [-0.4, -0.2) is 19.7 Å². The minimum atomic E-state index is -3.89. The summed E-state index contributed by atoms with van der Waals surface area (Å²) in [4.78, 5) is -0.479. The smallest absolute Gasteiger partial charge is 0.185 e. The molecule has 1 aromatic carbocycles. The molecule has 108 valence electrons. The lowest BCUT2D eigenvalue weighted by Gasteiger charge is -2.22. The van der Waals surface area contributed by atoms with E-state index in [9.17, 15) is 17.2 Å². The molecule has 0 saturated heterocycles. The van der Waals surface area contributed by atoms with Gasteiger partial charge in [0.25, 0.3) is 0 Å². The Bertz CT molecular complexity index is 531. The Balaban J connectivity index is 3.20. The van der Waals surface area contributed by atoms with Crippen molar-refractivity contribution in [2.75, 3.05) is 0 Å². The van der Waals surface area contributed by atoms with Gasteiger partial charge in [-0.3, -0.25) is 0 Å². The van der Waals surface area contributed by atoms with Crippen molar-refractivity contribution in [3.05, 3.63) is 29.8 Å². The largest absolute Gasteiger partial charge is 0.327 e. The zero-order chi connectivity index (χ0) is 14.6. The third kappa shape index (κ3) is 3.51. The molecule has 19 heavy (non-hydrogen) atoms. The van der Waals surface area contributed by atoms with Gasteiger partial charge < -0.3 is 5.73 Å². The Hall–Kier alpha value is -1.01. The van der Waals surface area contributed by atoms with Crippen molar-refractivity contribution in [1.29, 1.82) is 0 Å². The fourth-order valence-electron chi connectivity index (χ4n) is 2.14. The fourth-order valence-corrected chi connectivity index (χ4v) is 4.09. The molecule has 0 saturated carbocycles. The summed E-state index contributed by atoms with van der Waals surface area (Å²) in [6, 6.07) is 1.92. The van der Waals surface area contributed by atoms with E-state index in [1.807, 2.05) is 6.92 Å². The van der Waals surface area contributed by atoms with E-state index in [4.69, 9.17) is 5.73 Å². The molecule has 0 heterocycles. The summed E-state index contributed by atoms with van der Waals surface area (Å²) in [5.41, 5.74) is 5.87. The molecule has 2 unspecified atom stereocenters. The van der Waals surface area contributed by atoms with Crippen LogP contribution in [0.15, 0.2) is 23.1 Å². The van der Waals surface area contributed by atoms with Crippen LogP contribution in [0, 0.1) is 11.6 Å². The van der Waals surface area contributed by atoms with Gasteiger partial charge in [0, 0.05) is 12.1 Å². The average Bonchev–Trinajstić information content (AvgIpc) is 2.28. The lowest BCUT2D eigenvalue weighted by Crippen LogP contribution is -2.40. The van der Waals surface area contributed by atoms with E-state index < -0.39 is 37.7 Å². The molecule has 0 amide bonds. The van der Waals surface area contributed by atoms with Crippen molar-refractivity contribution in [3.63, 3.8) is 0 Å². The van der Waals surface area contributed by atoms with Crippen molar-refractivity contribution in [3.8, 4) is 0 Å². The summed E-state index contributed by atoms with van der Waals surface area (Å²) < 4.78 is 51.2. The Morgan fingerprint density at radius 1 is 1.26 bits per heavy atom. The molecule has 0 bridgehead atoms. The molecule has 0 aliphatic heterocycles. The van der Waals surface area contributed by atoms with Crippen LogP contribution in [0.25, 0.3) is 0 Å². The highest BCUT2D eigenvalue weighted by Gasteiger charge is 2.33.